The van der Waals surface area contributed by atoms with Gasteiger partial charge in [-0.2, -0.15) is 0 Å². The van der Waals surface area contributed by atoms with Crippen LogP contribution in [0.4, 0.5) is 5.82 Å². The Kier molecular flexibility index (Phi) is 4.81. The fraction of sp³-hybridized carbons (Fsp3) is 0.625. The number of hydroxylamine groups is 2. The zero-order valence-electron chi connectivity index (χ0n) is 18.0. The number of hydrogen-bond acceptors (Lipinski definition) is 5. The molecule has 2 aliphatic carbocycles. The summed E-state index contributed by atoms with van der Waals surface area (Å²) >= 11 is 0. The molecule has 1 saturated carbocycles. The molecule has 1 N–H and O–H groups in total. The highest BCUT2D eigenvalue weighted by Gasteiger charge is 2.33. The Morgan fingerprint density at radius 3 is 2.52 bits per heavy atom. The van der Waals surface area contributed by atoms with Crippen molar-refractivity contribution in [3.63, 3.8) is 0 Å². The lowest BCUT2D eigenvalue weighted by Crippen LogP contribution is -2.23. The van der Waals surface area contributed by atoms with Crippen molar-refractivity contribution in [1.82, 2.24) is 10.0 Å². The minimum Gasteiger partial charge on any atom is -0.493 e. The standard InChI is InChI=1S/C24H33N3O2/c1-24(2)13-18-17-11-21(28-3)22(29-27-9-4-5-10-27)12-20(17)26-23(19(18)14-24)25-15-16-7-6-8-16/h11-12,16H,4-10,13-15H2,1-3H3,(H,25,26). The third-order valence-electron chi connectivity index (χ3n) is 6.88. The third kappa shape index (κ3) is 3.65. The summed E-state index contributed by atoms with van der Waals surface area (Å²) in [7, 11) is 1.73. The van der Waals surface area contributed by atoms with E-state index in [1.165, 1.54) is 48.6 Å². The van der Waals surface area contributed by atoms with Crippen LogP contribution < -0.4 is 14.9 Å². The van der Waals surface area contributed by atoms with E-state index in [0.717, 1.165) is 61.2 Å². The molecule has 0 radical (unpaired) electrons. The van der Waals surface area contributed by atoms with E-state index in [2.05, 4.69) is 31.3 Å². The van der Waals surface area contributed by atoms with Crippen LogP contribution in [0.1, 0.15) is 57.1 Å². The van der Waals surface area contributed by atoms with Crippen LogP contribution in [0.25, 0.3) is 10.9 Å². The highest BCUT2D eigenvalue weighted by molar-refractivity contribution is 5.89. The van der Waals surface area contributed by atoms with E-state index in [1.54, 1.807) is 7.11 Å². The summed E-state index contributed by atoms with van der Waals surface area (Å²) in [6.45, 7) is 7.70. The number of pyridine rings is 1. The number of nitrogens with one attached hydrogen (secondary N) is 1. The van der Waals surface area contributed by atoms with Gasteiger partial charge in [-0.05, 0) is 67.1 Å². The molecule has 0 spiro atoms. The average Bonchev–Trinajstić information content (AvgIpc) is 3.26. The molecule has 1 aliphatic heterocycles. The maximum Gasteiger partial charge on any atom is 0.191 e. The first-order chi connectivity index (χ1) is 14.0. The summed E-state index contributed by atoms with van der Waals surface area (Å²) < 4.78 is 5.71. The van der Waals surface area contributed by atoms with Crippen molar-refractivity contribution < 1.29 is 9.57 Å². The molecule has 1 aromatic carbocycles. The van der Waals surface area contributed by atoms with Gasteiger partial charge < -0.3 is 14.9 Å². The zero-order valence-corrected chi connectivity index (χ0v) is 18.0. The average molecular weight is 396 g/mol. The van der Waals surface area contributed by atoms with Gasteiger partial charge in [0.25, 0.3) is 0 Å². The number of hydrogen-bond donors (Lipinski definition) is 1. The molecule has 2 heterocycles. The number of ether oxygens (including phenoxy) is 1. The maximum atomic E-state index is 6.18. The van der Waals surface area contributed by atoms with Crippen molar-refractivity contribution in [1.29, 1.82) is 0 Å². The largest absolute Gasteiger partial charge is 0.493 e. The van der Waals surface area contributed by atoms with E-state index in [9.17, 15) is 0 Å². The second-order valence-corrected chi connectivity index (χ2v) is 9.86. The predicted molar refractivity (Wildman–Crippen MR) is 117 cm³/mol. The molecule has 5 heteroatoms. The third-order valence-corrected chi connectivity index (χ3v) is 6.88. The molecule has 3 aliphatic rings. The molecule has 29 heavy (non-hydrogen) atoms. The fourth-order valence-electron chi connectivity index (χ4n) is 5.02. The number of fused-ring (bicyclic) bond motifs is 3. The van der Waals surface area contributed by atoms with Gasteiger partial charge in [-0.3, -0.25) is 0 Å². The summed E-state index contributed by atoms with van der Waals surface area (Å²) in [6.07, 6.45) is 8.59. The lowest BCUT2D eigenvalue weighted by Gasteiger charge is -2.26. The van der Waals surface area contributed by atoms with E-state index in [-0.39, 0.29) is 5.41 Å². The second kappa shape index (κ2) is 7.35. The molecule has 0 bridgehead atoms. The quantitative estimate of drug-likeness (QED) is 0.748. The Balaban J connectivity index is 1.55. The van der Waals surface area contributed by atoms with E-state index < -0.39 is 0 Å². The van der Waals surface area contributed by atoms with Crippen LogP contribution in [-0.4, -0.2) is 36.8 Å². The Morgan fingerprint density at radius 2 is 1.83 bits per heavy atom. The molecule has 5 nitrogen and oxygen atoms in total. The highest BCUT2D eigenvalue weighted by atomic mass is 16.7. The number of rotatable bonds is 6. The van der Waals surface area contributed by atoms with E-state index in [0.29, 0.717) is 0 Å². The van der Waals surface area contributed by atoms with Crippen molar-refractivity contribution in [3.05, 3.63) is 23.3 Å². The van der Waals surface area contributed by atoms with Crippen molar-refractivity contribution in [2.45, 2.75) is 58.8 Å². The van der Waals surface area contributed by atoms with E-state index >= 15 is 0 Å². The molecule has 0 atom stereocenters. The van der Waals surface area contributed by atoms with Crippen LogP contribution in [-0.2, 0) is 12.8 Å². The minimum atomic E-state index is 0.267. The summed E-state index contributed by atoms with van der Waals surface area (Å²) in [5.74, 6) is 3.47. The summed E-state index contributed by atoms with van der Waals surface area (Å²) in [6, 6.07) is 4.22. The monoisotopic (exact) mass is 395 g/mol. The molecule has 1 saturated heterocycles. The number of aromatic nitrogens is 1. The first-order valence-corrected chi connectivity index (χ1v) is 11.2. The van der Waals surface area contributed by atoms with Crippen LogP contribution in [0.3, 0.4) is 0 Å². The van der Waals surface area contributed by atoms with Gasteiger partial charge >= 0.3 is 0 Å². The van der Waals surface area contributed by atoms with Crippen LogP contribution in [0.5, 0.6) is 11.5 Å². The Hall–Kier alpha value is -2.01. The first kappa shape index (κ1) is 19.0. The SMILES string of the molecule is COc1cc2c3c(c(NCC4CCC4)nc2cc1ON1CCCC1)CC(C)(C)C3. The predicted octanol–water partition coefficient (Wildman–Crippen LogP) is 4.97. The Morgan fingerprint density at radius 1 is 1.07 bits per heavy atom. The molecular formula is C24H33N3O2. The fourth-order valence-corrected chi connectivity index (χ4v) is 5.02. The van der Waals surface area contributed by atoms with Crippen LogP contribution in [0.15, 0.2) is 12.1 Å². The molecule has 0 unspecified atom stereocenters. The molecule has 0 amide bonds. The van der Waals surface area contributed by atoms with Crippen molar-refractivity contribution in [3.8, 4) is 11.5 Å². The zero-order chi connectivity index (χ0) is 20.0. The smallest absolute Gasteiger partial charge is 0.191 e. The minimum absolute atomic E-state index is 0.267. The molecule has 2 aromatic rings. The highest BCUT2D eigenvalue weighted by Crippen LogP contribution is 2.45. The van der Waals surface area contributed by atoms with Gasteiger partial charge in [-0.1, -0.05) is 20.3 Å². The lowest BCUT2D eigenvalue weighted by atomic mass is 9.85. The van der Waals surface area contributed by atoms with Gasteiger partial charge in [0, 0.05) is 31.1 Å². The number of methoxy groups -OCH3 is 1. The molecule has 1 aromatic heterocycles. The lowest BCUT2D eigenvalue weighted by molar-refractivity contribution is -0.0366. The maximum absolute atomic E-state index is 6.18. The topological polar surface area (TPSA) is 46.6 Å². The Bertz CT molecular complexity index is 914. The van der Waals surface area contributed by atoms with Gasteiger partial charge in [0.15, 0.2) is 11.5 Å². The number of anilines is 1. The van der Waals surface area contributed by atoms with Gasteiger partial charge in [-0.15, -0.1) is 5.06 Å². The normalized spacial score (nSPS) is 21.2. The van der Waals surface area contributed by atoms with Gasteiger partial charge in [0.1, 0.15) is 5.82 Å². The van der Waals surface area contributed by atoms with Crippen LogP contribution in [0.2, 0.25) is 0 Å². The van der Waals surface area contributed by atoms with Gasteiger partial charge in [0.05, 0.1) is 12.6 Å². The van der Waals surface area contributed by atoms with Crippen molar-refractivity contribution in [2.24, 2.45) is 11.3 Å². The molecule has 5 rings (SSSR count). The van der Waals surface area contributed by atoms with Crippen molar-refractivity contribution in [2.75, 3.05) is 32.1 Å². The van der Waals surface area contributed by atoms with Crippen molar-refractivity contribution >= 4 is 16.7 Å². The molecule has 156 valence electrons. The number of nitrogens with zero attached hydrogens (tertiary/aromatic N) is 2. The van der Waals surface area contributed by atoms with Crippen LogP contribution in [0, 0.1) is 11.3 Å². The molecule has 2 fully saturated rings. The molecular weight excluding hydrogens is 362 g/mol. The summed E-state index contributed by atoms with van der Waals surface area (Å²) in [4.78, 5) is 11.3. The van der Waals surface area contributed by atoms with Gasteiger partial charge in [-0.25, -0.2) is 4.98 Å². The number of benzene rings is 1. The second-order valence-electron chi connectivity index (χ2n) is 9.86. The summed E-state index contributed by atoms with van der Waals surface area (Å²) in [5.41, 5.74) is 4.11. The van der Waals surface area contributed by atoms with E-state index in [4.69, 9.17) is 14.6 Å². The first-order valence-electron chi connectivity index (χ1n) is 11.2. The van der Waals surface area contributed by atoms with E-state index in [1.807, 2.05) is 5.06 Å². The van der Waals surface area contributed by atoms with Crippen LogP contribution >= 0.6 is 0 Å². The van der Waals surface area contributed by atoms with Gasteiger partial charge in [0.2, 0.25) is 0 Å². The Labute approximate surface area is 173 Å². The summed E-state index contributed by atoms with van der Waals surface area (Å²) in [5, 5.41) is 6.96.